The van der Waals surface area contributed by atoms with Gasteiger partial charge in [-0.05, 0) is 65.3 Å². The quantitative estimate of drug-likeness (QED) is 0.265. The van der Waals surface area contributed by atoms with Crippen molar-refractivity contribution < 1.29 is 4.74 Å². The smallest absolute Gasteiger partial charge is 0.146 e. The normalized spacial score (nSPS) is 14.5. The van der Waals surface area contributed by atoms with E-state index < -0.39 is 0 Å². The fourth-order valence-electron chi connectivity index (χ4n) is 5.29. The molecule has 3 nitrogen and oxygen atoms in total. The van der Waals surface area contributed by atoms with Crippen molar-refractivity contribution in [3.63, 3.8) is 0 Å². The fourth-order valence-corrected chi connectivity index (χ4v) is 5.29. The van der Waals surface area contributed by atoms with Gasteiger partial charge in [0, 0.05) is 18.5 Å². The van der Waals surface area contributed by atoms with Crippen LogP contribution >= 0.6 is 0 Å². The van der Waals surface area contributed by atoms with Gasteiger partial charge in [-0.1, -0.05) is 84.9 Å². The second-order valence-corrected chi connectivity index (χ2v) is 9.54. The zero-order chi connectivity index (χ0) is 23.5. The molecule has 35 heavy (non-hydrogen) atoms. The average molecular weight is 459 g/mol. The van der Waals surface area contributed by atoms with Gasteiger partial charge in [0.05, 0.1) is 0 Å². The summed E-state index contributed by atoms with van der Waals surface area (Å²) in [7, 11) is 0. The second kappa shape index (κ2) is 9.79. The van der Waals surface area contributed by atoms with Crippen LogP contribution in [0.3, 0.4) is 0 Å². The van der Waals surface area contributed by atoms with Crippen LogP contribution in [0, 0.1) is 5.92 Å². The standard InChI is InChI=1S/C32H30N2O/c1-2-8-24(9-3-1)22-25-18-20-34(21-19-25)31-17-16-27-12-7-15-30(32(27)33-31)35-23-28-13-6-11-26-10-4-5-14-29(26)28/h1-17,25H,18-23H2. The third kappa shape index (κ3) is 4.72. The Morgan fingerprint density at radius 2 is 1.46 bits per heavy atom. The van der Waals surface area contributed by atoms with Crippen LogP contribution in [0.15, 0.2) is 103 Å². The van der Waals surface area contributed by atoms with E-state index in [-0.39, 0.29) is 0 Å². The lowest BCUT2D eigenvalue weighted by Crippen LogP contribution is -2.34. The summed E-state index contributed by atoms with van der Waals surface area (Å²) in [4.78, 5) is 7.52. The van der Waals surface area contributed by atoms with E-state index in [4.69, 9.17) is 9.72 Å². The molecule has 0 atom stereocenters. The fraction of sp³-hybridized carbons (Fsp3) is 0.219. The van der Waals surface area contributed by atoms with Crippen molar-refractivity contribution in [3.05, 3.63) is 114 Å². The van der Waals surface area contributed by atoms with Crippen LogP contribution < -0.4 is 9.64 Å². The van der Waals surface area contributed by atoms with Gasteiger partial charge in [-0.25, -0.2) is 4.98 Å². The Morgan fingerprint density at radius 1 is 0.714 bits per heavy atom. The Balaban J connectivity index is 1.18. The second-order valence-electron chi connectivity index (χ2n) is 9.54. The third-order valence-corrected chi connectivity index (χ3v) is 7.24. The molecule has 0 aliphatic carbocycles. The molecule has 0 saturated carbocycles. The number of piperidine rings is 1. The molecule has 0 unspecified atom stereocenters. The first-order chi connectivity index (χ1) is 17.3. The minimum atomic E-state index is 0.525. The number of hydrogen-bond acceptors (Lipinski definition) is 3. The number of ether oxygens (including phenoxy) is 1. The summed E-state index contributed by atoms with van der Waals surface area (Å²) in [6.07, 6.45) is 3.58. The number of benzene rings is 4. The van der Waals surface area contributed by atoms with Crippen molar-refractivity contribution in [2.75, 3.05) is 18.0 Å². The molecule has 0 radical (unpaired) electrons. The lowest BCUT2D eigenvalue weighted by Gasteiger charge is -2.33. The van der Waals surface area contributed by atoms with E-state index in [1.54, 1.807) is 0 Å². The molecule has 6 rings (SSSR count). The molecule has 5 aromatic rings. The van der Waals surface area contributed by atoms with Crippen LogP contribution in [0.4, 0.5) is 5.82 Å². The largest absolute Gasteiger partial charge is 0.487 e. The summed E-state index contributed by atoms with van der Waals surface area (Å²) in [5.41, 5.74) is 3.58. The molecule has 1 aromatic heterocycles. The highest BCUT2D eigenvalue weighted by Crippen LogP contribution is 2.30. The Bertz CT molecular complexity index is 1430. The van der Waals surface area contributed by atoms with E-state index in [1.165, 1.54) is 41.2 Å². The number of fused-ring (bicyclic) bond motifs is 2. The Morgan fingerprint density at radius 3 is 2.34 bits per heavy atom. The van der Waals surface area contributed by atoms with Crippen molar-refractivity contribution in [1.82, 2.24) is 4.98 Å². The van der Waals surface area contributed by atoms with Gasteiger partial charge in [-0.15, -0.1) is 0 Å². The van der Waals surface area contributed by atoms with Crippen molar-refractivity contribution in [3.8, 4) is 5.75 Å². The zero-order valence-electron chi connectivity index (χ0n) is 19.9. The van der Waals surface area contributed by atoms with E-state index in [0.717, 1.165) is 41.5 Å². The van der Waals surface area contributed by atoms with Gasteiger partial charge in [0.15, 0.2) is 0 Å². The van der Waals surface area contributed by atoms with Gasteiger partial charge in [0.1, 0.15) is 23.7 Å². The molecule has 1 aliphatic rings. The molecular weight excluding hydrogens is 428 g/mol. The molecule has 0 spiro atoms. The van der Waals surface area contributed by atoms with Gasteiger partial charge in [-0.3, -0.25) is 0 Å². The van der Waals surface area contributed by atoms with E-state index >= 15 is 0 Å². The maximum atomic E-state index is 6.36. The van der Waals surface area contributed by atoms with E-state index in [0.29, 0.717) is 6.61 Å². The SMILES string of the molecule is c1ccc(CC2CCN(c3ccc4cccc(OCc5cccc6ccccc56)c4n3)CC2)cc1. The maximum Gasteiger partial charge on any atom is 0.146 e. The Labute approximate surface area is 207 Å². The highest BCUT2D eigenvalue weighted by molar-refractivity contribution is 5.87. The predicted molar refractivity (Wildman–Crippen MR) is 145 cm³/mol. The van der Waals surface area contributed by atoms with Crippen LogP contribution in [-0.2, 0) is 13.0 Å². The molecule has 1 fully saturated rings. The van der Waals surface area contributed by atoms with Gasteiger partial charge in [0.25, 0.3) is 0 Å². The van der Waals surface area contributed by atoms with E-state index in [1.807, 2.05) is 6.07 Å². The minimum Gasteiger partial charge on any atom is -0.487 e. The zero-order valence-corrected chi connectivity index (χ0v) is 19.9. The first-order valence-corrected chi connectivity index (χ1v) is 12.6. The summed E-state index contributed by atoms with van der Waals surface area (Å²) >= 11 is 0. The summed E-state index contributed by atoms with van der Waals surface area (Å²) in [6.45, 7) is 2.63. The van der Waals surface area contributed by atoms with Crippen molar-refractivity contribution in [2.45, 2.75) is 25.9 Å². The number of hydrogen-bond donors (Lipinski definition) is 0. The van der Waals surface area contributed by atoms with Crippen LogP contribution in [0.5, 0.6) is 5.75 Å². The molecule has 0 bridgehead atoms. The number of aromatic nitrogens is 1. The maximum absolute atomic E-state index is 6.36. The topological polar surface area (TPSA) is 25.4 Å². The van der Waals surface area contributed by atoms with Crippen molar-refractivity contribution in [2.24, 2.45) is 5.92 Å². The summed E-state index contributed by atoms with van der Waals surface area (Å²) in [6, 6.07) is 36.3. The number of anilines is 1. The molecule has 3 heteroatoms. The van der Waals surface area contributed by atoms with Crippen LogP contribution in [0.2, 0.25) is 0 Å². The highest BCUT2D eigenvalue weighted by Gasteiger charge is 2.21. The molecule has 174 valence electrons. The van der Waals surface area contributed by atoms with Crippen LogP contribution in [0.25, 0.3) is 21.7 Å². The molecule has 4 aromatic carbocycles. The monoisotopic (exact) mass is 458 g/mol. The van der Waals surface area contributed by atoms with E-state index in [9.17, 15) is 0 Å². The van der Waals surface area contributed by atoms with Gasteiger partial charge in [0.2, 0.25) is 0 Å². The first kappa shape index (κ1) is 21.7. The van der Waals surface area contributed by atoms with E-state index in [2.05, 4.69) is 102 Å². The number of rotatable bonds is 6. The minimum absolute atomic E-state index is 0.525. The van der Waals surface area contributed by atoms with Crippen molar-refractivity contribution >= 4 is 27.5 Å². The summed E-state index contributed by atoms with van der Waals surface area (Å²) in [5.74, 6) is 2.64. The number of nitrogens with zero attached hydrogens (tertiary/aromatic N) is 2. The molecule has 2 heterocycles. The predicted octanol–water partition coefficient (Wildman–Crippen LogP) is 7.43. The van der Waals surface area contributed by atoms with Crippen LogP contribution in [-0.4, -0.2) is 18.1 Å². The number of para-hydroxylation sites is 1. The first-order valence-electron chi connectivity index (χ1n) is 12.6. The Kier molecular flexibility index (Phi) is 6.06. The van der Waals surface area contributed by atoms with Gasteiger partial charge in [-0.2, -0.15) is 0 Å². The summed E-state index contributed by atoms with van der Waals surface area (Å²) in [5, 5.41) is 3.59. The highest BCUT2D eigenvalue weighted by atomic mass is 16.5. The van der Waals surface area contributed by atoms with Crippen LogP contribution in [0.1, 0.15) is 24.0 Å². The molecule has 0 amide bonds. The molecule has 1 aliphatic heterocycles. The van der Waals surface area contributed by atoms with Gasteiger partial charge >= 0.3 is 0 Å². The Hall–Kier alpha value is -3.85. The lowest BCUT2D eigenvalue weighted by atomic mass is 9.90. The molecule has 0 N–H and O–H groups in total. The summed E-state index contributed by atoms with van der Waals surface area (Å²) < 4.78 is 6.36. The molecular formula is C32H30N2O. The van der Waals surface area contributed by atoms with Crippen molar-refractivity contribution in [1.29, 1.82) is 0 Å². The molecule has 1 saturated heterocycles. The third-order valence-electron chi connectivity index (χ3n) is 7.24. The average Bonchev–Trinajstić information content (AvgIpc) is 2.92. The lowest BCUT2D eigenvalue weighted by molar-refractivity contribution is 0.311. The number of pyridine rings is 1. The van der Waals surface area contributed by atoms with Gasteiger partial charge < -0.3 is 9.64 Å².